The number of amides is 1. The highest BCUT2D eigenvalue weighted by molar-refractivity contribution is 5.95. The van der Waals surface area contributed by atoms with Crippen LogP contribution in [0.1, 0.15) is 47.8 Å². The number of aromatic nitrogens is 3. The topological polar surface area (TPSA) is 63.1 Å². The second-order valence-corrected chi connectivity index (χ2v) is 7.78. The molecule has 0 aliphatic carbocycles. The number of halogens is 3. The predicted octanol–water partition coefficient (Wildman–Crippen LogP) is 4.67. The number of pyridine rings is 1. The van der Waals surface area contributed by atoms with Crippen LogP contribution in [0.4, 0.5) is 18.9 Å². The van der Waals surface area contributed by atoms with Crippen LogP contribution in [-0.4, -0.2) is 40.8 Å². The average molecular weight is 445 g/mol. The predicted molar refractivity (Wildman–Crippen MR) is 117 cm³/mol. The lowest BCUT2D eigenvalue weighted by molar-refractivity contribution is -0.137. The van der Waals surface area contributed by atoms with Gasteiger partial charge in [-0.1, -0.05) is 32.0 Å². The molecular formula is C23H26F3N5O. The number of carbonyl (C=O) groups excluding carboxylic acids is 1. The normalized spacial score (nSPS) is 11.6. The number of hydrogen-bond donors (Lipinski definition) is 1. The minimum Gasteiger partial charge on any atom is -0.375 e. The van der Waals surface area contributed by atoms with E-state index in [0.29, 0.717) is 17.8 Å². The Labute approximate surface area is 185 Å². The van der Waals surface area contributed by atoms with Crippen molar-refractivity contribution in [1.82, 2.24) is 20.1 Å². The van der Waals surface area contributed by atoms with Crippen molar-refractivity contribution in [3.8, 4) is 5.82 Å². The largest absolute Gasteiger partial charge is 0.417 e. The van der Waals surface area contributed by atoms with Gasteiger partial charge in [0, 0.05) is 32.0 Å². The fourth-order valence-corrected chi connectivity index (χ4v) is 3.37. The van der Waals surface area contributed by atoms with Gasteiger partial charge in [0.05, 0.1) is 23.0 Å². The standard InChI is InChI=1S/C23H26F3N5O/c1-16(2)21-19(15-29-31(21)20-11-10-17(14-28-20)23(24,25)26)22(32)27-12-7-13-30(3)18-8-5-4-6-9-18/h4-6,8-11,14-16H,7,12-13H2,1-3H3,(H,27,32). The van der Waals surface area contributed by atoms with Gasteiger partial charge in [0.25, 0.3) is 5.91 Å². The summed E-state index contributed by atoms with van der Waals surface area (Å²) in [6.45, 7) is 5.04. The Kier molecular flexibility index (Phi) is 7.17. The number of carbonyl (C=O) groups is 1. The van der Waals surface area contributed by atoms with Gasteiger partial charge < -0.3 is 10.2 Å². The van der Waals surface area contributed by atoms with E-state index in [9.17, 15) is 18.0 Å². The van der Waals surface area contributed by atoms with Crippen LogP contribution in [-0.2, 0) is 6.18 Å². The molecule has 0 aliphatic heterocycles. The molecule has 1 N–H and O–H groups in total. The van der Waals surface area contributed by atoms with Crippen molar-refractivity contribution in [2.24, 2.45) is 0 Å². The number of anilines is 1. The number of hydrogen-bond acceptors (Lipinski definition) is 4. The van der Waals surface area contributed by atoms with Crippen LogP contribution < -0.4 is 10.2 Å². The van der Waals surface area contributed by atoms with E-state index in [2.05, 4.69) is 20.3 Å². The molecule has 0 unspecified atom stereocenters. The SMILES string of the molecule is CC(C)c1c(C(=O)NCCCN(C)c2ccccc2)cnn1-c1ccc(C(F)(F)F)cn1. The fraction of sp³-hybridized carbons (Fsp3) is 0.348. The smallest absolute Gasteiger partial charge is 0.375 e. The van der Waals surface area contributed by atoms with E-state index in [1.807, 2.05) is 51.2 Å². The van der Waals surface area contributed by atoms with Gasteiger partial charge in [-0.05, 0) is 36.6 Å². The number of para-hydroxylation sites is 1. The molecule has 9 heteroatoms. The molecule has 0 bridgehead atoms. The van der Waals surface area contributed by atoms with E-state index >= 15 is 0 Å². The molecule has 0 fully saturated rings. The van der Waals surface area contributed by atoms with E-state index in [4.69, 9.17) is 0 Å². The molecule has 2 aromatic heterocycles. The van der Waals surface area contributed by atoms with Crippen molar-refractivity contribution in [2.45, 2.75) is 32.4 Å². The van der Waals surface area contributed by atoms with E-state index < -0.39 is 11.7 Å². The van der Waals surface area contributed by atoms with Gasteiger partial charge in [0.2, 0.25) is 0 Å². The molecule has 1 aromatic carbocycles. The minimum absolute atomic E-state index is 0.0912. The Morgan fingerprint density at radius 1 is 1.12 bits per heavy atom. The van der Waals surface area contributed by atoms with Crippen LogP contribution in [0.25, 0.3) is 5.82 Å². The van der Waals surface area contributed by atoms with Gasteiger partial charge in [0.15, 0.2) is 5.82 Å². The first-order valence-corrected chi connectivity index (χ1v) is 10.3. The zero-order valence-electron chi connectivity index (χ0n) is 18.2. The molecule has 1 amide bonds. The minimum atomic E-state index is -4.46. The van der Waals surface area contributed by atoms with Gasteiger partial charge >= 0.3 is 6.18 Å². The van der Waals surface area contributed by atoms with Crippen molar-refractivity contribution >= 4 is 11.6 Å². The first kappa shape index (κ1) is 23.3. The highest BCUT2D eigenvalue weighted by Gasteiger charge is 2.31. The molecular weight excluding hydrogens is 419 g/mol. The van der Waals surface area contributed by atoms with Crippen LogP contribution in [0.2, 0.25) is 0 Å². The Hall–Kier alpha value is -3.36. The van der Waals surface area contributed by atoms with E-state index in [0.717, 1.165) is 30.9 Å². The quantitative estimate of drug-likeness (QED) is 0.512. The lowest BCUT2D eigenvalue weighted by atomic mass is 10.1. The second-order valence-electron chi connectivity index (χ2n) is 7.78. The molecule has 2 heterocycles. The Morgan fingerprint density at radius 3 is 2.44 bits per heavy atom. The molecule has 3 rings (SSSR count). The second kappa shape index (κ2) is 9.84. The van der Waals surface area contributed by atoms with E-state index in [1.165, 1.54) is 16.9 Å². The molecule has 0 atom stereocenters. The molecule has 0 saturated carbocycles. The first-order valence-electron chi connectivity index (χ1n) is 10.3. The van der Waals surface area contributed by atoms with Crippen molar-refractivity contribution in [2.75, 3.05) is 25.0 Å². The molecule has 0 spiro atoms. The molecule has 3 aromatic rings. The Balaban J connectivity index is 1.66. The molecule has 6 nitrogen and oxygen atoms in total. The summed E-state index contributed by atoms with van der Waals surface area (Å²) in [6, 6.07) is 12.2. The van der Waals surface area contributed by atoms with Crippen molar-refractivity contribution in [1.29, 1.82) is 0 Å². The highest BCUT2D eigenvalue weighted by Crippen LogP contribution is 2.29. The summed E-state index contributed by atoms with van der Waals surface area (Å²) in [5.74, 6) is -0.133. The summed E-state index contributed by atoms with van der Waals surface area (Å²) >= 11 is 0. The van der Waals surface area contributed by atoms with Gasteiger partial charge in [-0.2, -0.15) is 18.3 Å². The zero-order valence-corrected chi connectivity index (χ0v) is 18.2. The maximum Gasteiger partial charge on any atom is 0.417 e. The van der Waals surface area contributed by atoms with E-state index in [-0.39, 0.29) is 17.6 Å². The monoisotopic (exact) mass is 445 g/mol. The number of rotatable bonds is 8. The summed E-state index contributed by atoms with van der Waals surface area (Å²) in [7, 11) is 2.00. The summed E-state index contributed by atoms with van der Waals surface area (Å²) in [5.41, 5.74) is 1.25. The number of benzene rings is 1. The summed E-state index contributed by atoms with van der Waals surface area (Å²) < 4.78 is 39.9. The van der Waals surface area contributed by atoms with Crippen molar-refractivity contribution < 1.29 is 18.0 Å². The van der Waals surface area contributed by atoms with Crippen LogP contribution in [0.3, 0.4) is 0 Å². The third-order valence-electron chi connectivity index (χ3n) is 5.04. The maximum atomic E-state index is 12.8. The first-order chi connectivity index (χ1) is 15.2. The summed E-state index contributed by atoms with van der Waals surface area (Å²) in [6.07, 6.45) is -1.51. The van der Waals surface area contributed by atoms with Gasteiger partial charge in [-0.25, -0.2) is 9.67 Å². The van der Waals surface area contributed by atoms with Gasteiger partial charge in [0.1, 0.15) is 0 Å². The molecule has 32 heavy (non-hydrogen) atoms. The summed E-state index contributed by atoms with van der Waals surface area (Å²) in [4.78, 5) is 18.8. The number of nitrogens with zero attached hydrogens (tertiary/aromatic N) is 4. The Bertz CT molecular complexity index is 1030. The van der Waals surface area contributed by atoms with E-state index in [1.54, 1.807) is 0 Å². The van der Waals surface area contributed by atoms with Crippen LogP contribution in [0.5, 0.6) is 0 Å². The lowest BCUT2D eigenvalue weighted by Crippen LogP contribution is -2.28. The Morgan fingerprint density at radius 2 is 1.84 bits per heavy atom. The van der Waals surface area contributed by atoms with Crippen molar-refractivity contribution in [3.63, 3.8) is 0 Å². The van der Waals surface area contributed by atoms with Crippen LogP contribution in [0.15, 0.2) is 54.9 Å². The number of alkyl halides is 3. The maximum absolute atomic E-state index is 12.8. The molecule has 0 aliphatic rings. The molecule has 0 saturated heterocycles. The van der Waals surface area contributed by atoms with Gasteiger partial charge in [-0.3, -0.25) is 4.79 Å². The molecule has 170 valence electrons. The lowest BCUT2D eigenvalue weighted by Gasteiger charge is -2.19. The highest BCUT2D eigenvalue weighted by atomic mass is 19.4. The van der Waals surface area contributed by atoms with Crippen LogP contribution >= 0.6 is 0 Å². The molecule has 0 radical (unpaired) electrons. The summed E-state index contributed by atoms with van der Waals surface area (Å²) in [5, 5.41) is 7.13. The fourth-order valence-electron chi connectivity index (χ4n) is 3.37. The number of nitrogens with one attached hydrogen (secondary N) is 1. The third-order valence-corrected chi connectivity index (χ3v) is 5.04. The van der Waals surface area contributed by atoms with Crippen molar-refractivity contribution in [3.05, 3.63) is 71.7 Å². The average Bonchev–Trinajstić information content (AvgIpc) is 3.22. The van der Waals surface area contributed by atoms with Crippen LogP contribution in [0, 0.1) is 0 Å². The van der Waals surface area contributed by atoms with Gasteiger partial charge in [-0.15, -0.1) is 0 Å². The zero-order chi connectivity index (χ0) is 23.3. The third kappa shape index (κ3) is 5.46.